The smallest absolute Gasteiger partial charge is 0.243 e. The number of nitrogens with zero attached hydrogens (tertiary/aromatic N) is 2. The van der Waals surface area contributed by atoms with Gasteiger partial charge in [-0.1, -0.05) is 32.8 Å². The minimum Gasteiger partial charge on any atom is -0.399 e. The molecule has 2 aromatic carbocycles. The fourth-order valence-corrected chi connectivity index (χ4v) is 5.19. The van der Waals surface area contributed by atoms with Crippen LogP contribution in [0.15, 0.2) is 47.4 Å². The minimum absolute atomic E-state index is 0.310. The predicted molar refractivity (Wildman–Crippen MR) is 116 cm³/mol. The largest absolute Gasteiger partial charge is 0.399 e. The molecule has 152 valence electrons. The Balaban J connectivity index is 1.73. The van der Waals surface area contributed by atoms with Crippen molar-refractivity contribution >= 4 is 21.4 Å². The lowest BCUT2D eigenvalue weighted by Crippen LogP contribution is -2.48. The zero-order valence-electron chi connectivity index (χ0n) is 16.9. The summed E-state index contributed by atoms with van der Waals surface area (Å²) in [6, 6.07) is 13.3. The highest BCUT2D eigenvalue weighted by atomic mass is 32.2. The molecule has 1 aliphatic heterocycles. The zero-order chi connectivity index (χ0) is 20.1. The van der Waals surface area contributed by atoms with Crippen molar-refractivity contribution in [1.82, 2.24) is 4.31 Å². The SMILES string of the molecule is CCCc1cc(CCC)cc(N2CCN(S(=O)(=O)c3ccc(N)cc3)CC2)c1. The van der Waals surface area contributed by atoms with E-state index in [0.29, 0.717) is 36.8 Å². The third-order valence-electron chi connectivity index (χ3n) is 5.24. The molecule has 0 radical (unpaired) electrons. The van der Waals surface area contributed by atoms with Crippen molar-refractivity contribution in [2.24, 2.45) is 0 Å². The third-order valence-corrected chi connectivity index (χ3v) is 7.15. The number of hydrogen-bond donors (Lipinski definition) is 1. The number of nitrogens with two attached hydrogens (primary N) is 1. The van der Waals surface area contributed by atoms with Crippen LogP contribution in [0.1, 0.15) is 37.8 Å². The van der Waals surface area contributed by atoms with Crippen LogP contribution < -0.4 is 10.6 Å². The summed E-state index contributed by atoms with van der Waals surface area (Å²) < 4.78 is 27.4. The van der Waals surface area contributed by atoms with E-state index in [1.165, 1.54) is 16.8 Å². The van der Waals surface area contributed by atoms with Gasteiger partial charge in [-0.3, -0.25) is 0 Å². The van der Waals surface area contributed by atoms with Gasteiger partial charge >= 0.3 is 0 Å². The lowest BCUT2D eigenvalue weighted by atomic mass is 10.0. The van der Waals surface area contributed by atoms with Gasteiger partial charge in [-0.25, -0.2) is 8.42 Å². The maximum Gasteiger partial charge on any atom is 0.243 e. The molecule has 1 heterocycles. The van der Waals surface area contributed by atoms with Crippen LogP contribution in [0.5, 0.6) is 0 Å². The second-order valence-electron chi connectivity index (χ2n) is 7.47. The average Bonchev–Trinajstić information content (AvgIpc) is 2.69. The summed E-state index contributed by atoms with van der Waals surface area (Å²) in [5.74, 6) is 0. The Morgan fingerprint density at radius 1 is 0.857 bits per heavy atom. The first kappa shape index (κ1) is 20.7. The van der Waals surface area contributed by atoms with Gasteiger partial charge in [0.05, 0.1) is 4.90 Å². The molecule has 0 saturated carbocycles. The molecule has 0 atom stereocenters. The summed E-state index contributed by atoms with van der Waals surface area (Å²) in [4.78, 5) is 2.62. The lowest BCUT2D eigenvalue weighted by molar-refractivity contribution is 0.385. The summed E-state index contributed by atoms with van der Waals surface area (Å²) in [5, 5.41) is 0. The van der Waals surface area contributed by atoms with E-state index in [4.69, 9.17) is 5.73 Å². The van der Waals surface area contributed by atoms with Crippen LogP contribution in [0.3, 0.4) is 0 Å². The van der Waals surface area contributed by atoms with Crippen molar-refractivity contribution < 1.29 is 8.42 Å². The van der Waals surface area contributed by atoms with Crippen LogP contribution in [-0.2, 0) is 22.9 Å². The second kappa shape index (κ2) is 8.97. The van der Waals surface area contributed by atoms with Crippen molar-refractivity contribution in [3.05, 3.63) is 53.6 Å². The molecule has 0 aliphatic carbocycles. The number of rotatable bonds is 7. The third kappa shape index (κ3) is 4.67. The molecular weight excluding hydrogens is 370 g/mol. The highest BCUT2D eigenvalue weighted by Crippen LogP contribution is 2.25. The topological polar surface area (TPSA) is 66.6 Å². The fraction of sp³-hybridized carbons (Fsp3) is 0.455. The summed E-state index contributed by atoms with van der Waals surface area (Å²) >= 11 is 0. The normalized spacial score (nSPS) is 15.7. The van der Waals surface area contributed by atoms with E-state index in [1.54, 1.807) is 28.6 Å². The summed E-state index contributed by atoms with van der Waals surface area (Å²) in [6.45, 7) is 6.80. The molecule has 1 saturated heterocycles. The molecule has 6 heteroatoms. The van der Waals surface area contributed by atoms with Crippen molar-refractivity contribution in [3.63, 3.8) is 0 Å². The molecule has 28 heavy (non-hydrogen) atoms. The standard InChI is InChI=1S/C22H31N3O2S/c1-3-5-18-15-19(6-4-2)17-21(16-18)24-11-13-25(14-12-24)28(26,27)22-9-7-20(23)8-10-22/h7-10,15-17H,3-6,11-14,23H2,1-2H3. The minimum atomic E-state index is -3.47. The zero-order valence-corrected chi connectivity index (χ0v) is 17.7. The van der Waals surface area contributed by atoms with Crippen LogP contribution in [0, 0.1) is 0 Å². The first-order valence-corrected chi connectivity index (χ1v) is 11.6. The molecule has 0 aromatic heterocycles. The molecule has 3 rings (SSSR count). The maximum absolute atomic E-state index is 12.9. The molecule has 1 fully saturated rings. The van der Waals surface area contributed by atoms with Gasteiger partial charge in [-0.05, 0) is 60.4 Å². The Morgan fingerprint density at radius 2 is 1.39 bits per heavy atom. The Kier molecular flexibility index (Phi) is 6.62. The Hall–Kier alpha value is -2.05. The lowest BCUT2D eigenvalue weighted by Gasteiger charge is -2.35. The van der Waals surface area contributed by atoms with Gasteiger partial charge in [0, 0.05) is 37.6 Å². The summed E-state index contributed by atoms with van der Waals surface area (Å²) in [6.07, 6.45) is 4.41. The van der Waals surface area contributed by atoms with E-state index < -0.39 is 10.0 Å². The van der Waals surface area contributed by atoms with E-state index >= 15 is 0 Å². The van der Waals surface area contributed by atoms with Gasteiger partial charge in [-0.15, -0.1) is 0 Å². The van der Waals surface area contributed by atoms with Crippen molar-refractivity contribution in [1.29, 1.82) is 0 Å². The van der Waals surface area contributed by atoms with E-state index in [-0.39, 0.29) is 0 Å². The van der Waals surface area contributed by atoms with Gasteiger partial charge in [0.15, 0.2) is 0 Å². The maximum atomic E-state index is 12.9. The molecule has 2 N–H and O–H groups in total. The van der Waals surface area contributed by atoms with Crippen LogP contribution >= 0.6 is 0 Å². The summed E-state index contributed by atoms with van der Waals surface area (Å²) in [5.41, 5.74) is 10.2. The molecule has 0 bridgehead atoms. The Bertz CT molecular complexity index is 862. The highest BCUT2D eigenvalue weighted by Gasteiger charge is 2.28. The first-order valence-electron chi connectivity index (χ1n) is 10.2. The van der Waals surface area contributed by atoms with Crippen LogP contribution in [0.25, 0.3) is 0 Å². The number of anilines is 2. The van der Waals surface area contributed by atoms with Gasteiger partial charge in [0.1, 0.15) is 0 Å². The van der Waals surface area contributed by atoms with Crippen LogP contribution in [0.2, 0.25) is 0 Å². The van der Waals surface area contributed by atoms with Crippen molar-refractivity contribution in [2.45, 2.75) is 44.4 Å². The summed E-state index contributed by atoms with van der Waals surface area (Å²) in [7, 11) is -3.47. The fourth-order valence-electron chi connectivity index (χ4n) is 3.77. The number of nitrogen functional groups attached to an aromatic ring is 1. The average molecular weight is 402 g/mol. The number of sulfonamides is 1. The van der Waals surface area contributed by atoms with Crippen LogP contribution in [0.4, 0.5) is 11.4 Å². The van der Waals surface area contributed by atoms with Gasteiger partial charge in [0.25, 0.3) is 0 Å². The molecule has 1 aliphatic rings. The van der Waals surface area contributed by atoms with Gasteiger partial charge < -0.3 is 10.6 Å². The molecule has 5 nitrogen and oxygen atoms in total. The van der Waals surface area contributed by atoms with E-state index in [2.05, 4.69) is 36.9 Å². The van der Waals surface area contributed by atoms with Crippen molar-refractivity contribution in [2.75, 3.05) is 36.8 Å². The van der Waals surface area contributed by atoms with Gasteiger partial charge in [-0.2, -0.15) is 4.31 Å². The quantitative estimate of drug-likeness (QED) is 0.719. The number of aryl methyl sites for hydroxylation is 2. The number of hydrogen-bond acceptors (Lipinski definition) is 4. The number of benzene rings is 2. The Morgan fingerprint density at radius 3 is 1.89 bits per heavy atom. The second-order valence-corrected chi connectivity index (χ2v) is 9.41. The van der Waals surface area contributed by atoms with Crippen LogP contribution in [-0.4, -0.2) is 38.9 Å². The van der Waals surface area contributed by atoms with Crippen molar-refractivity contribution in [3.8, 4) is 0 Å². The van der Waals surface area contributed by atoms with E-state index in [9.17, 15) is 8.42 Å². The first-order chi connectivity index (χ1) is 13.4. The van der Waals surface area contributed by atoms with E-state index in [1.807, 2.05) is 0 Å². The molecule has 0 unspecified atom stereocenters. The van der Waals surface area contributed by atoms with Gasteiger partial charge in [0.2, 0.25) is 10.0 Å². The molecular formula is C22H31N3O2S. The molecule has 0 spiro atoms. The molecule has 2 aromatic rings. The monoisotopic (exact) mass is 401 g/mol. The van der Waals surface area contributed by atoms with E-state index in [0.717, 1.165) is 25.7 Å². The Labute approximate surface area is 169 Å². The molecule has 0 amide bonds. The number of piperazine rings is 1. The predicted octanol–water partition coefficient (Wildman–Crippen LogP) is 3.68. The highest BCUT2D eigenvalue weighted by molar-refractivity contribution is 7.89.